The van der Waals surface area contributed by atoms with Crippen molar-refractivity contribution in [3.8, 4) is 0 Å². The zero-order valence-electron chi connectivity index (χ0n) is 11.3. The lowest BCUT2D eigenvalue weighted by molar-refractivity contribution is 0.340. The maximum Gasteiger partial charge on any atom is 0.180 e. The van der Waals surface area contributed by atoms with E-state index < -0.39 is 0 Å². The first-order valence-electron chi connectivity index (χ1n) is 6.79. The second-order valence-corrected chi connectivity index (χ2v) is 6.32. The number of anilines is 1. The zero-order chi connectivity index (χ0) is 13.1. The third kappa shape index (κ3) is 3.14. The van der Waals surface area contributed by atoms with Crippen molar-refractivity contribution in [2.45, 2.75) is 37.8 Å². The molecule has 0 bridgehead atoms. The van der Waals surface area contributed by atoms with Gasteiger partial charge in [-0.3, -0.25) is 0 Å². The number of nitrogens with one attached hydrogen (secondary N) is 1. The molecule has 0 amide bonds. The fraction of sp³-hybridized carbons (Fsp3) is 0.400. The van der Waals surface area contributed by atoms with Crippen LogP contribution in [0.1, 0.15) is 36.1 Å². The van der Waals surface area contributed by atoms with Crippen molar-refractivity contribution in [3.63, 3.8) is 0 Å². The highest BCUT2D eigenvalue weighted by Gasteiger charge is 2.34. The summed E-state index contributed by atoms with van der Waals surface area (Å²) in [6.07, 6.45) is 6.90. The minimum atomic E-state index is 0. The Kier molecular flexibility index (Phi) is 5.02. The van der Waals surface area contributed by atoms with Crippen molar-refractivity contribution in [1.82, 2.24) is 10.3 Å². The normalized spacial score (nSPS) is 16.8. The Morgan fingerprint density at radius 1 is 1.20 bits per heavy atom. The van der Waals surface area contributed by atoms with Gasteiger partial charge in [0.1, 0.15) is 0 Å². The van der Waals surface area contributed by atoms with E-state index in [1.165, 1.54) is 36.1 Å². The van der Waals surface area contributed by atoms with Crippen molar-refractivity contribution in [2.75, 3.05) is 5.73 Å². The fourth-order valence-electron chi connectivity index (χ4n) is 2.96. The molecule has 2 aromatic rings. The molecule has 0 unspecified atom stereocenters. The van der Waals surface area contributed by atoms with Crippen LogP contribution >= 0.6 is 23.7 Å². The molecule has 3 nitrogen and oxygen atoms in total. The molecule has 1 saturated carbocycles. The van der Waals surface area contributed by atoms with E-state index in [9.17, 15) is 0 Å². The number of halogens is 1. The molecular weight excluding hydrogens is 290 g/mol. The summed E-state index contributed by atoms with van der Waals surface area (Å²) in [6.45, 7) is 0.851. The molecule has 20 heavy (non-hydrogen) atoms. The first kappa shape index (κ1) is 15.3. The van der Waals surface area contributed by atoms with Crippen LogP contribution < -0.4 is 11.1 Å². The zero-order valence-corrected chi connectivity index (χ0v) is 13.0. The van der Waals surface area contributed by atoms with E-state index in [4.69, 9.17) is 5.73 Å². The molecule has 3 N–H and O–H groups in total. The summed E-state index contributed by atoms with van der Waals surface area (Å²) in [6, 6.07) is 10.8. The molecule has 1 aromatic heterocycles. The van der Waals surface area contributed by atoms with Crippen LogP contribution in [0.3, 0.4) is 0 Å². The number of hydrogen-bond acceptors (Lipinski definition) is 4. The van der Waals surface area contributed by atoms with Gasteiger partial charge in [-0.15, -0.1) is 23.7 Å². The second kappa shape index (κ2) is 6.57. The molecule has 0 radical (unpaired) electrons. The van der Waals surface area contributed by atoms with Gasteiger partial charge in [-0.1, -0.05) is 43.2 Å². The Bertz CT molecular complexity index is 535. The van der Waals surface area contributed by atoms with E-state index in [1.807, 2.05) is 6.20 Å². The Morgan fingerprint density at radius 3 is 2.50 bits per heavy atom. The average Bonchev–Trinajstić information content (AvgIpc) is 3.07. The molecule has 1 fully saturated rings. The van der Waals surface area contributed by atoms with Crippen LogP contribution in [-0.4, -0.2) is 4.98 Å². The summed E-state index contributed by atoms with van der Waals surface area (Å²) in [5.41, 5.74) is 7.23. The molecule has 0 saturated heterocycles. The standard InChI is InChI=1S/C15H19N3S.ClH/c16-14-17-10-13(19-14)11-18-15(8-4-5-9-15)12-6-2-1-3-7-12;/h1-3,6-7,10,18H,4-5,8-9,11H2,(H2,16,17);1H. The predicted octanol–water partition coefficient (Wildman–Crippen LogP) is 3.71. The lowest BCUT2D eigenvalue weighted by atomic mass is 9.88. The molecule has 3 rings (SSSR count). The Labute approximate surface area is 130 Å². The summed E-state index contributed by atoms with van der Waals surface area (Å²) in [5.74, 6) is 0. The van der Waals surface area contributed by atoms with Gasteiger partial charge >= 0.3 is 0 Å². The van der Waals surface area contributed by atoms with Crippen molar-refractivity contribution >= 4 is 28.9 Å². The topological polar surface area (TPSA) is 50.9 Å². The van der Waals surface area contributed by atoms with Gasteiger partial charge in [-0.25, -0.2) is 4.98 Å². The summed E-state index contributed by atoms with van der Waals surface area (Å²) in [5, 5.41) is 4.41. The van der Waals surface area contributed by atoms with Gasteiger partial charge in [0, 0.05) is 23.2 Å². The van der Waals surface area contributed by atoms with E-state index in [0.717, 1.165) is 6.54 Å². The molecule has 1 aliphatic carbocycles. The van der Waals surface area contributed by atoms with Crippen LogP contribution in [0.15, 0.2) is 36.5 Å². The Morgan fingerprint density at radius 2 is 1.90 bits per heavy atom. The quantitative estimate of drug-likeness (QED) is 0.905. The van der Waals surface area contributed by atoms with Gasteiger partial charge in [0.05, 0.1) is 0 Å². The Hall–Kier alpha value is -1.10. The van der Waals surface area contributed by atoms with E-state index in [0.29, 0.717) is 5.13 Å². The van der Waals surface area contributed by atoms with Gasteiger partial charge in [-0.05, 0) is 18.4 Å². The van der Waals surface area contributed by atoms with Crippen LogP contribution in [0, 0.1) is 0 Å². The highest BCUT2D eigenvalue weighted by Crippen LogP contribution is 2.39. The molecule has 0 aliphatic heterocycles. The number of hydrogen-bond donors (Lipinski definition) is 2. The maximum absolute atomic E-state index is 5.69. The molecule has 5 heteroatoms. The van der Waals surface area contributed by atoms with Crippen molar-refractivity contribution in [1.29, 1.82) is 0 Å². The summed E-state index contributed by atoms with van der Waals surface area (Å²) >= 11 is 1.57. The summed E-state index contributed by atoms with van der Waals surface area (Å²) < 4.78 is 0. The van der Waals surface area contributed by atoms with Crippen LogP contribution in [-0.2, 0) is 12.1 Å². The van der Waals surface area contributed by atoms with Gasteiger partial charge in [0.25, 0.3) is 0 Å². The smallest absolute Gasteiger partial charge is 0.180 e. The first-order valence-corrected chi connectivity index (χ1v) is 7.61. The number of benzene rings is 1. The van der Waals surface area contributed by atoms with Crippen LogP contribution in [0.25, 0.3) is 0 Å². The van der Waals surface area contributed by atoms with Crippen molar-refractivity contribution in [2.24, 2.45) is 0 Å². The third-order valence-corrected chi connectivity index (χ3v) is 4.78. The SMILES string of the molecule is Cl.Nc1ncc(CNC2(c3ccccc3)CCCC2)s1. The maximum atomic E-state index is 5.69. The summed E-state index contributed by atoms with van der Waals surface area (Å²) in [7, 11) is 0. The van der Waals surface area contributed by atoms with E-state index in [-0.39, 0.29) is 17.9 Å². The predicted molar refractivity (Wildman–Crippen MR) is 87.2 cm³/mol. The Balaban J connectivity index is 0.00000147. The molecule has 1 aromatic carbocycles. The molecule has 1 aliphatic rings. The van der Waals surface area contributed by atoms with Gasteiger partial charge in [0.15, 0.2) is 5.13 Å². The van der Waals surface area contributed by atoms with Crippen molar-refractivity contribution in [3.05, 3.63) is 47.0 Å². The van der Waals surface area contributed by atoms with E-state index in [1.54, 1.807) is 11.3 Å². The molecule has 0 spiro atoms. The lowest BCUT2D eigenvalue weighted by Gasteiger charge is -2.31. The monoisotopic (exact) mass is 309 g/mol. The van der Waals surface area contributed by atoms with Crippen LogP contribution in [0.2, 0.25) is 0 Å². The molecular formula is C15H20ClN3S. The molecule has 108 valence electrons. The van der Waals surface area contributed by atoms with Gasteiger partial charge < -0.3 is 11.1 Å². The number of thiazole rings is 1. The molecule has 1 heterocycles. The van der Waals surface area contributed by atoms with E-state index in [2.05, 4.69) is 40.6 Å². The third-order valence-electron chi connectivity index (χ3n) is 3.96. The first-order chi connectivity index (χ1) is 9.28. The minimum Gasteiger partial charge on any atom is -0.375 e. The number of rotatable bonds is 4. The lowest BCUT2D eigenvalue weighted by Crippen LogP contribution is -2.39. The van der Waals surface area contributed by atoms with Gasteiger partial charge in [0.2, 0.25) is 0 Å². The number of nitrogens with two attached hydrogens (primary N) is 1. The number of aromatic nitrogens is 1. The number of nitrogen functional groups attached to an aromatic ring is 1. The highest BCUT2D eigenvalue weighted by atomic mass is 35.5. The average molecular weight is 310 g/mol. The fourth-order valence-corrected chi connectivity index (χ4v) is 3.59. The highest BCUT2D eigenvalue weighted by molar-refractivity contribution is 7.15. The largest absolute Gasteiger partial charge is 0.375 e. The molecule has 0 atom stereocenters. The van der Waals surface area contributed by atoms with E-state index >= 15 is 0 Å². The second-order valence-electron chi connectivity index (χ2n) is 5.17. The van der Waals surface area contributed by atoms with Gasteiger partial charge in [-0.2, -0.15) is 0 Å². The summed E-state index contributed by atoms with van der Waals surface area (Å²) in [4.78, 5) is 5.32. The van der Waals surface area contributed by atoms with Crippen molar-refractivity contribution < 1.29 is 0 Å². The number of nitrogens with zero attached hydrogens (tertiary/aromatic N) is 1. The van der Waals surface area contributed by atoms with Crippen LogP contribution in [0.5, 0.6) is 0 Å². The van der Waals surface area contributed by atoms with Crippen LogP contribution in [0.4, 0.5) is 5.13 Å². The minimum absolute atomic E-state index is 0.